The first-order chi connectivity index (χ1) is 8.20. The largest absolute Gasteiger partial charge is 0.313 e. The minimum absolute atomic E-state index is 0.287. The fourth-order valence-corrected chi connectivity index (χ4v) is 3.61. The molecule has 90 valence electrons. The van der Waals surface area contributed by atoms with E-state index in [-0.39, 0.29) is 6.04 Å². The molecular formula is C12H12Br2N2S. The van der Waals surface area contributed by atoms with E-state index in [2.05, 4.69) is 59.7 Å². The summed E-state index contributed by atoms with van der Waals surface area (Å²) in [5, 5.41) is 5.44. The molecule has 2 nitrogen and oxygen atoms in total. The standard InChI is InChI=1S/C12H12Br2N2S/c1-15-11(5-12-10(14)2-3-17-12)8-4-9(13)7-16-6-8/h2-4,6-7,11,15H,5H2,1H3. The quantitative estimate of drug-likeness (QED) is 0.867. The third-order valence-corrected chi connectivity index (χ3v) is 4.94. The van der Waals surface area contributed by atoms with Gasteiger partial charge in [0.25, 0.3) is 0 Å². The molecule has 0 aliphatic carbocycles. The van der Waals surface area contributed by atoms with E-state index < -0.39 is 0 Å². The van der Waals surface area contributed by atoms with Crippen molar-refractivity contribution in [2.75, 3.05) is 7.05 Å². The molecule has 0 saturated heterocycles. The second-order valence-electron chi connectivity index (χ2n) is 3.67. The van der Waals surface area contributed by atoms with E-state index >= 15 is 0 Å². The van der Waals surface area contributed by atoms with Crippen LogP contribution in [0.25, 0.3) is 0 Å². The van der Waals surface area contributed by atoms with Crippen LogP contribution in [0.2, 0.25) is 0 Å². The first kappa shape index (κ1) is 13.2. The van der Waals surface area contributed by atoms with Crippen LogP contribution >= 0.6 is 43.2 Å². The smallest absolute Gasteiger partial charge is 0.0410 e. The fourth-order valence-electron chi connectivity index (χ4n) is 1.66. The summed E-state index contributed by atoms with van der Waals surface area (Å²) in [4.78, 5) is 5.56. The lowest BCUT2D eigenvalue weighted by Gasteiger charge is -2.16. The zero-order chi connectivity index (χ0) is 12.3. The van der Waals surface area contributed by atoms with E-state index in [1.165, 1.54) is 14.9 Å². The third kappa shape index (κ3) is 3.37. The van der Waals surface area contributed by atoms with Crippen LogP contribution in [0.3, 0.4) is 0 Å². The zero-order valence-electron chi connectivity index (χ0n) is 9.28. The van der Waals surface area contributed by atoms with Crippen LogP contribution in [0.5, 0.6) is 0 Å². The predicted molar refractivity (Wildman–Crippen MR) is 79.5 cm³/mol. The van der Waals surface area contributed by atoms with E-state index in [9.17, 15) is 0 Å². The summed E-state index contributed by atoms with van der Waals surface area (Å²) in [6.45, 7) is 0. The molecule has 2 aromatic heterocycles. The van der Waals surface area contributed by atoms with Crippen molar-refractivity contribution in [2.24, 2.45) is 0 Å². The molecule has 1 unspecified atom stereocenters. The Bertz CT molecular complexity index is 499. The Morgan fingerprint density at radius 2 is 2.24 bits per heavy atom. The maximum Gasteiger partial charge on any atom is 0.0410 e. The van der Waals surface area contributed by atoms with E-state index in [0.717, 1.165) is 10.9 Å². The van der Waals surface area contributed by atoms with Gasteiger partial charge in [0.15, 0.2) is 0 Å². The average molecular weight is 376 g/mol. The summed E-state index contributed by atoms with van der Waals surface area (Å²) in [5.74, 6) is 0. The van der Waals surface area contributed by atoms with Gasteiger partial charge in [-0.2, -0.15) is 0 Å². The van der Waals surface area contributed by atoms with Crippen molar-refractivity contribution in [3.63, 3.8) is 0 Å². The lowest BCUT2D eigenvalue weighted by atomic mass is 10.1. The number of aromatic nitrogens is 1. The number of halogens is 2. The molecule has 2 aromatic rings. The Hall–Kier alpha value is -0.230. The van der Waals surface area contributed by atoms with E-state index in [4.69, 9.17) is 0 Å². The maximum atomic E-state index is 4.21. The highest BCUT2D eigenvalue weighted by Gasteiger charge is 2.13. The van der Waals surface area contributed by atoms with Crippen molar-refractivity contribution in [3.8, 4) is 0 Å². The van der Waals surface area contributed by atoms with Crippen molar-refractivity contribution in [1.29, 1.82) is 0 Å². The molecular weight excluding hydrogens is 364 g/mol. The zero-order valence-corrected chi connectivity index (χ0v) is 13.3. The number of nitrogens with one attached hydrogen (secondary N) is 1. The van der Waals surface area contributed by atoms with Gasteiger partial charge in [0.05, 0.1) is 0 Å². The van der Waals surface area contributed by atoms with Crippen LogP contribution in [0.15, 0.2) is 38.9 Å². The molecule has 17 heavy (non-hydrogen) atoms. The molecule has 0 bridgehead atoms. The Kier molecular flexibility index (Phi) is 4.73. The van der Waals surface area contributed by atoms with Gasteiger partial charge in [-0.1, -0.05) is 0 Å². The number of likely N-dealkylation sites (N-methyl/N-ethyl adjacent to an activating group) is 1. The van der Waals surface area contributed by atoms with Gasteiger partial charge in [-0.15, -0.1) is 11.3 Å². The molecule has 0 spiro atoms. The van der Waals surface area contributed by atoms with Gasteiger partial charge in [-0.3, -0.25) is 4.98 Å². The summed E-state index contributed by atoms with van der Waals surface area (Å²) in [5.41, 5.74) is 1.20. The number of pyridine rings is 1. The van der Waals surface area contributed by atoms with Crippen molar-refractivity contribution in [2.45, 2.75) is 12.5 Å². The monoisotopic (exact) mass is 374 g/mol. The molecule has 0 aliphatic rings. The molecule has 1 atom stereocenters. The Labute approximate surface area is 122 Å². The average Bonchev–Trinajstić information content (AvgIpc) is 2.71. The number of rotatable bonds is 4. The van der Waals surface area contributed by atoms with Gasteiger partial charge < -0.3 is 5.32 Å². The van der Waals surface area contributed by atoms with Gasteiger partial charge in [0.1, 0.15) is 0 Å². The first-order valence-corrected chi connectivity index (χ1v) is 7.67. The second kappa shape index (κ2) is 6.09. The topological polar surface area (TPSA) is 24.9 Å². The highest BCUT2D eigenvalue weighted by Crippen LogP contribution is 2.28. The SMILES string of the molecule is CNC(Cc1sccc1Br)c1cncc(Br)c1. The van der Waals surface area contributed by atoms with Gasteiger partial charge in [0, 0.05) is 38.7 Å². The second-order valence-corrected chi connectivity index (χ2v) is 6.44. The lowest BCUT2D eigenvalue weighted by molar-refractivity contribution is 0.593. The highest BCUT2D eigenvalue weighted by molar-refractivity contribution is 9.10. The number of hydrogen-bond donors (Lipinski definition) is 1. The summed E-state index contributed by atoms with van der Waals surface area (Å²) in [6, 6.07) is 4.48. The van der Waals surface area contributed by atoms with E-state index in [1.54, 1.807) is 17.5 Å². The summed E-state index contributed by atoms with van der Waals surface area (Å²) < 4.78 is 2.20. The number of hydrogen-bond acceptors (Lipinski definition) is 3. The minimum atomic E-state index is 0.287. The summed E-state index contributed by atoms with van der Waals surface area (Å²) in [7, 11) is 1.98. The van der Waals surface area contributed by atoms with Gasteiger partial charge in [-0.25, -0.2) is 0 Å². The van der Waals surface area contributed by atoms with E-state index in [1.807, 2.05) is 13.2 Å². The first-order valence-electron chi connectivity index (χ1n) is 5.20. The van der Waals surface area contributed by atoms with Crippen LogP contribution in [-0.2, 0) is 6.42 Å². The minimum Gasteiger partial charge on any atom is -0.313 e. The van der Waals surface area contributed by atoms with Gasteiger partial charge in [-0.05, 0) is 62.0 Å². The lowest BCUT2D eigenvalue weighted by Crippen LogP contribution is -2.18. The molecule has 0 aromatic carbocycles. The third-order valence-electron chi connectivity index (χ3n) is 2.56. The number of nitrogens with zero attached hydrogens (tertiary/aromatic N) is 1. The number of thiophene rings is 1. The van der Waals surface area contributed by atoms with Gasteiger partial charge in [0.2, 0.25) is 0 Å². The van der Waals surface area contributed by atoms with E-state index in [0.29, 0.717) is 0 Å². The molecule has 5 heteroatoms. The molecule has 0 aliphatic heterocycles. The van der Waals surface area contributed by atoms with Crippen molar-refractivity contribution in [1.82, 2.24) is 10.3 Å². The molecule has 0 amide bonds. The van der Waals surface area contributed by atoms with Gasteiger partial charge >= 0.3 is 0 Å². The van der Waals surface area contributed by atoms with Crippen LogP contribution in [0.1, 0.15) is 16.5 Å². The summed E-state index contributed by atoms with van der Waals surface area (Å²) in [6.07, 6.45) is 4.68. The molecule has 1 N–H and O–H groups in total. The predicted octanol–water partition coefficient (Wildman–Crippen LogP) is 4.17. The molecule has 2 rings (SSSR count). The highest BCUT2D eigenvalue weighted by atomic mass is 79.9. The molecule has 0 saturated carbocycles. The van der Waals surface area contributed by atoms with Crippen LogP contribution < -0.4 is 5.32 Å². The van der Waals surface area contributed by atoms with Crippen LogP contribution in [-0.4, -0.2) is 12.0 Å². The van der Waals surface area contributed by atoms with Crippen molar-refractivity contribution in [3.05, 3.63) is 49.3 Å². The normalized spacial score (nSPS) is 12.6. The molecule has 0 fully saturated rings. The fraction of sp³-hybridized carbons (Fsp3) is 0.250. The van der Waals surface area contributed by atoms with Crippen molar-refractivity contribution < 1.29 is 0 Å². The summed E-state index contributed by atoms with van der Waals surface area (Å²) >= 11 is 8.80. The Morgan fingerprint density at radius 1 is 1.41 bits per heavy atom. The van der Waals surface area contributed by atoms with Crippen LogP contribution in [0.4, 0.5) is 0 Å². The maximum absolute atomic E-state index is 4.21. The Morgan fingerprint density at radius 3 is 2.82 bits per heavy atom. The molecule has 0 radical (unpaired) electrons. The molecule has 2 heterocycles. The Balaban J connectivity index is 2.20. The van der Waals surface area contributed by atoms with Crippen LogP contribution in [0, 0.1) is 0 Å². The van der Waals surface area contributed by atoms with Crippen molar-refractivity contribution >= 4 is 43.2 Å².